The average molecular weight is 482 g/mol. The number of aryl methyl sites for hydroxylation is 1. The van der Waals surface area contributed by atoms with Crippen molar-refractivity contribution in [3.63, 3.8) is 0 Å². The molecule has 0 bridgehead atoms. The number of nitrogens with zero attached hydrogens (tertiary/aromatic N) is 2. The van der Waals surface area contributed by atoms with E-state index in [9.17, 15) is 9.59 Å². The van der Waals surface area contributed by atoms with E-state index in [0.717, 1.165) is 39.2 Å². The second-order valence-electron chi connectivity index (χ2n) is 8.20. The Labute approximate surface area is 204 Å². The highest BCUT2D eigenvalue weighted by atomic mass is 32.2. The summed E-state index contributed by atoms with van der Waals surface area (Å²) in [4.78, 5) is 28.7. The highest BCUT2D eigenvalue weighted by molar-refractivity contribution is 8.00. The molecule has 7 nitrogen and oxygen atoms in total. The molecule has 1 aromatic heterocycles. The van der Waals surface area contributed by atoms with E-state index in [-0.39, 0.29) is 17.6 Å². The second-order valence-corrected chi connectivity index (χ2v) is 9.16. The molecule has 8 heteroatoms. The standard InChI is InChI=1S/C26H31N3O4S/c1-4-33-15-7-14-27-25(31)24-23-20-8-5-6-9-21(20)28(2)26(23)34-17-22(30)29(24)16-18-10-12-19(32-3)13-11-18/h5-6,8-13,24H,4,7,14-17H2,1-3H3,(H,27,31)/t24-/m1/s1. The number of amides is 2. The van der Waals surface area contributed by atoms with Gasteiger partial charge in [-0.2, -0.15) is 0 Å². The van der Waals surface area contributed by atoms with Crippen LogP contribution in [-0.4, -0.2) is 53.9 Å². The van der Waals surface area contributed by atoms with Gasteiger partial charge in [-0.15, -0.1) is 0 Å². The quantitative estimate of drug-likeness (QED) is 0.469. The first-order valence-electron chi connectivity index (χ1n) is 11.5. The first kappa shape index (κ1) is 24.2. The summed E-state index contributed by atoms with van der Waals surface area (Å²) in [7, 11) is 3.62. The van der Waals surface area contributed by atoms with E-state index in [1.165, 1.54) is 11.8 Å². The first-order chi connectivity index (χ1) is 16.5. The lowest BCUT2D eigenvalue weighted by Gasteiger charge is -2.30. The van der Waals surface area contributed by atoms with Crippen molar-refractivity contribution in [1.82, 2.24) is 14.8 Å². The lowest BCUT2D eigenvalue weighted by molar-refractivity contribution is -0.139. The smallest absolute Gasteiger partial charge is 0.247 e. The molecule has 0 radical (unpaired) electrons. The Morgan fingerprint density at radius 1 is 1.18 bits per heavy atom. The molecule has 0 saturated carbocycles. The van der Waals surface area contributed by atoms with Crippen molar-refractivity contribution in [2.24, 2.45) is 7.05 Å². The Morgan fingerprint density at radius 2 is 1.94 bits per heavy atom. The van der Waals surface area contributed by atoms with E-state index in [2.05, 4.69) is 16.0 Å². The molecule has 180 valence electrons. The molecule has 34 heavy (non-hydrogen) atoms. The summed E-state index contributed by atoms with van der Waals surface area (Å²) < 4.78 is 12.8. The van der Waals surface area contributed by atoms with E-state index in [4.69, 9.17) is 9.47 Å². The summed E-state index contributed by atoms with van der Waals surface area (Å²) in [6.45, 7) is 4.02. The van der Waals surface area contributed by atoms with Crippen LogP contribution in [0.2, 0.25) is 0 Å². The van der Waals surface area contributed by atoms with Crippen molar-refractivity contribution in [3.05, 3.63) is 59.7 Å². The number of ether oxygens (including phenoxy) is 2. The zero-order valence-corrected chi connectivity index (χ0v) is 20.7. The van der Waals surface area contributed by atoms with Gasteiger partial charge in [-0.1, -0.05) is 42.1 Å². The van der Waals surface area contributed by atoms with Gasteiger partial charge in [0, 0.05) is 49.8 Å². The zero-order valence-electron chi connectivity index (χ0n) is 19.9. The van der Waals surface area contributed by atoms with Crippen LogP contribution in [0.5, 0.6) is 5.75 Å². The van der Waals surface area contributed by atoms with Crippen LogP contribution in [0.25, 0.3) is 10.9 Å². The SMILES string of the molecule is CCOCCCNC(=O)[C@H]1c2c(n(C)c3ccccc23)SCC(=O)N1Cc1ccc(OC)cc1. The van der Waals surface area contributed by atoms with Gasteiger partial charge < -0.3 is 24.3 Å². The minimum atomic E-state index is -0.724. The van der Waals surface area contributed by atoms with Crippen molar-refractivity contribution in [3.8, 4) is 5.75 Å². The van der Waals surface area contributed by atoms with Crippen LogP contribution < -0.4 is 10.1 Å². The van der Waals surface area contributed by atoms with Gasteiger partial charge in [0.15, 0.2) is 0 Å². The molecular weight excluding hydrogens is 450 g/mol. The van der Waals surface area contributed by atoms with E-state index < -0.39 is 6.04 Å². The van der Waals surface area contributed by atoms with Gasteiger partial charge in [0.1, 0.15) is 11.8 Å². The maximum Gasteiger partial charge on any atom is 0.247 e. The van der Waals surface area contributed by atoms with E-state index >= 15 is 0 Å². The Bertz CT molecular complexity index is 1160. The molecule has 1 aliphatic rings. The monoisotopic (exact) mass is 481 g/mol. The predicted molar refractivity (Wildman–Crippen MR) is 134 cm³/mol. The lowest BCUT2D eigenvalue weighted by Crippen LogP contribution is -2.43. The van der Waals surface area contributed by atoms with Gasteiger partial charge >= 0.3 is 0 Å². The fraction of sp³-hybridized carbons (Fsp3) is 0.385. The number of rotatable bonds is 9. The number of carbonyl (C=O) groups excluding carboxylic acids is 2. The van der Waals surface area contributed by atoms with Gasteiger partial charge in [0.05, 0.1) is 17.9 Å². The number of nitrogens with one attached hydrogen (secondary N) is 1. The van der Waals surface area contributed by atoms with Gasteiger partial charge in [0.25, 0.3) is 0 Å². The number of aromatic nitrogens is 1. The summed E-state index contributed by atoms with van der Waals surface area (Å²) in [6, 6.07) is 15.0. The number of hydrogen-bond donors (Lipinski definition) is 1. The Balaban J connectivity index is 1.72. The lowest BCUT2D eigenvalue weighted by atomic mass is 10.0. The molecular formula is C26H31N3O4S. The van der Waals surface area contributed by atoms with E-state index in [0.29, 0.717) is 26.3 Å². The van der Waals surface area contributed by atoms with Gasteiger partial charge in [0.2, 0.25) is 11.8 Å². The van der Waals surface area contributed by atoms with Crippen LogP contribution in [0.4, 0.5) is 0 Å². The van der Waals surface area contributed by atoms with Crippen molar-refractivity contribution in [2.45, 2.75) is 31.0 Å². The number of thioether (sulfide) groups is 1. The van der Waals surface area contributed by atoms with Gasteiger partial charge in [-0.3, -0.25) is 9.59 Å². The summed E-state index contributed by atoms with van der Waals surface area (Å²) >= 11 is 1.50. The highest BCUT2D eigenvalue weighted by Crippen LogP contribution is 2.42. The maximum absolute atomic E-state index is 13.7. The highest BCUT2D eigenvalue weighted by Gasteiger charge is 2.38. The van der Waals surface area contributed by atoms with Crippen molar-refractivity contribution < 1.29 is 19.1 Å². The third-order valence-electron chi connectivity index (χ3n) is 6.06. The third-order valence-corrected chi connectivity index (χ3v) is 7.22. The molecule has 1 N–H and O–H groups in total. The molecule has 2 heterocycles. The number of hydrogen-bond acceptors (Lipinski definition) is 5. The molecule has 0 aliphatic carbocycles. The number of methoxy groups -OCH3 is 1. The molecule has 2 aromatic carbocycles. The summed E-state index contributed by atoms with van der Waals surface area (Å²) in [5.41, 5.74) is 2.88. The predicted octanol–water partition coefficient (Wildman–Crippen LogP) is 3.91. The van der Waals surface area contributed by atoms with Crippen LogP contribution in [-0.2, 0) is 27.9 Å². The van der Waals surface area contributed by atoms with E-state index in [1.54, 1.807) is 12.0 Å². The Kier molecular flexibility index (Phi) is 7.80. The molecule has 3 aromatic rings. The molecule has 1 aliphatic heterocycles. The van der Waals surface area contributed by atoms with Crippen LogP contribution >= 0.6 is 11.8 Å². The Hall–Kier alpha value is -2.97. The molecule has 1 atom stereocenters. The van der Waals surface area contributed by atoms with Crippen LogP contribution in [0.15, 0.2) is 53.6 Å². The third kappa shape index (κ3) is 4.93. The molecule has 0 fully saturated rings. The topological polar surface area (TPSA) is 72.8 Å². The zero-order chi connectivity index (χ0) is 24.1. The fourth-order valence-electron chi connectivity index (χ4n) is 4.36. The molecule has 2 amide bonds. The minimum absolute atomic E-state index is 0.0597. The van der Waals surface area contributed by atoms with Gasteiger partial charge in [-0.25, -0.2) is 0 Å². The largest absolute Gasteiger partial charge is 0.497 e. The van der Waals surface area contributed by atoms with Crippen LogP contribution in [0.3, 0.4) is 0 Å². The first-order valence-corrected chi connectivity index (χ1v) is 12.5. The number of para-hydroxylation sites is 1. The van der Waals surface area contributed by atoms with Crippen molar-refractivity contribution in [2.75, 3.05) is 32.6 Å². The average Bonchev–Trinajstić information content (AvgIpc) is 3.04. The second kappa shape index (κ2) is 11.0. The van der Waals surface area contributed by atoms with Gasteiger partial charge in [-0.05, 0) is 37.1 Å². The fourth-order valence-corrected chi connectivity index (χ4v) is 5.45. The minimum Gasteiger partial charge on any atom is -0.497 e. The molecule has 0 saturated heterocycles. The number of benzene rings is 2. The van der Waals surface area contributed by atoms with Crippen LogP contribution in [0, 0.1) is 0 Å². The maximum atomic E-state index is 13.7. The van der Waals surface area contributed by atoms with Crippen molar-refractivity contribution >= 4 is 34.5 Å². The molecule has 0 unspecified atom stereocenters. The normalized spacial score (nSPS) is 15.8. The molecule has 0 spiro atoms. The number of carbonyl (C=O) groups is 2. The summed E-state index contributed by atoms with van der Waals surface area (Å²) in [5.74, 6) is 0.803. The van der Waals surface area contributed by atoms with Crippen LogP contribution in [0.1, 0.15) is 30.5 Å². The summed E-state index contributed by atoms with van der Waals surface area (Å²) in [6.07, 6.45) is 0.718. The number of fused-ring (bicyclic) bond motifs is 3. The van der Waals surface area contributed by atoms with Crippen molar-refractivity contribution in [1.29, 1.82) is 0 Å². The van der Waals surface area contributed by atoms with E-state index in [1.807, 2.05) is 56.4 Å². The Morgan fingerprint density at radius 3 is 2.68 bits per heavy atom. The molecule has 4 rings (SSSR count). The summed E-state index contributed by atoms with van der Waals surface area (Å²) in [5, 5.41) is 5.01.